The molecule has 1 aliphatic carbocycles. The molecule has 4 aliphatic heterocycles. The molecule has 6 N–H and O–H groups in total. The van der Waals surface area contributed by atoms with E-state index >= 15 is 0 Å². The Hall–Kier alpha value is -15.4. The lowest BCUT2D eigenvalue weighted by molar-refractivity contribution is 0.311. The first-order valence-electron chi connectivity index (χ1n) is 42.0. The zero-order valence-corrected chi connectivity index (χ0v) is 67.5. The van der Waals surface area contributed by atoms with E-state index in [0.29, 0.717) is 47.0 Å². The zero-order valence-electron chi connectivity index (χ0n) is 67.5. The quantitative estimate of drug-likeness (QED) is 0.0624. The maximum Gasteiger partial charge on any atom is 0.126 e. The smallest absolute Gasteiger partial charge is 0.126 e. The van der Waals surface area contributed by atoms with E-state index in [9.17, 15) is 10.2 Å². The molecule has 0 amide bonds. The molecule has 0 atom stereocenters. The Balaban J connectivity index is 0.790. The summed E-state index contributed by atoms with van der Waals surface area (Å²) in [6, 6.07) is 101. The van der Waals surface area contributed by atoms with Crippen LogP contribution >= 0.6 is 0 Å². The molecule has 588 valence electrons. The summed E-state index contributed by atoms with van der Waals surface area (Å²) in [7, 11) is 0. The number of phenols is 2. The van der Waals surface area contributed by atoms with Crippen molar-refractivity contribution in [2.24, 2.45) is 0 Å². The summed E-state index contributed by atoms with van der Waals surface area (Å²) < 4.78 is 14.2. The number of H-pyrrole nitrogens is 4. The summed E-state index contributed by atoms with van der Waals surface area (Å²) >= 11 is 0. The first-order valence-corrected chi connectivity index (χ1v) is 42.0. The Morgan fingerprint density at radius 1 is 0.230 bits per heavy atom. The van der Waals surface area contributed by atoms with Crippen LogP contribution in [0.15, 0.2) is 291 Å². The van der Waals surface area contributed by atoms with Crippen LogP contribution in [0.3, 0.4) is 0 Å². The van der Waals surface area contributed by atoms with Crippen LogP contribution in [0.5, 0.6) is 23.0 Å². The second kappa shape index (κ2) is 31.8. The topological polar surface area (TPSA) is 174 Å². The molecule has 5 aliphatic rings. The van der Waals surface area contributed by atoms with Gasteiger partial charge in [0.2, 0.25) is 0 Å². The van der Waals surface area contributed by atoms with Crippen LogP contribution in [0.4, 0.5) is 0 Å². The lowest BCUT2D eigenvalue weighted by atomic mass is 9.88. The van der Waals surface area contributed by atoms with E-state index in [4.69, 9.17) is 29.4 Å². The molecule has 0 radical (unpaired) electrons. The maximum absolute atomic E-state index is 13.5. The van der Waals surface area contributed by atoms with Crippen molar-refractivity contribution in [2.45, 2.75) is 52.4 Å². The van der Waals surface area contributed by atoms with Gasteiger partial charge in [-0.15, -0.1) is 0 Å². The third-order valence-corrected chi connectivity index (χ3v) is 23.8. The SMILES string of the molecule is CCCOc1c2cccc1Cc1cc(-c3c4nc(c(-c5ccccc5)c5ccc([nH]5)c(-c5ccccc5)c5nc(c(-c6ccccc6)c6ccc3[nH]6)C=C5)C=C4)cc(c1O)Cc1cccc(c1OCCC)Cc1cc(-c3c4nc(c(-c5ccccc5)c5ccc([nH]5)c(-c5ccccc5)c5nc(c(-c6ccccc6)c6ccc3[nH]6)C=C5)C=C4)cc(c1O)C2. The zero-order chi connectivity index (χ0) is 81.7. The van der Waals surface area contributed by atoms with Crippen molar-refractivity contribution in [3.63, 3.8) is 0 Å². The summed E-state index contributed by atoms with van der Waals surface area (Å²) in [5.41, 5.74) is 34.8. The van der Waals surface area contributed by atoms with Crippen LogP contribution < -0.4 is 9.47 Å². The van der Waals surface area contributed by atoms with Crippen LogP contribution in [-0.2, 0) is 25.7 Å². The molecule has 24 bridgehead atoms. The van der Waals surface area contributed by atoms with E-state index in [1.807, 2.05) is 36.4 Å². The summed E-state index contributed by atoms with van der Waals surface area (Å²) in [6.45, 7) is 5.09. The van der Waals surface area contributed by atoms with Crippen LogP contribution in [-0.4, -0.2) is 63.3 Å². The highest BCUT2D eigenvalue weighted by Crippen LogP contribution is 2.47. The minimum Gasteiger partial charge on any atom is -0.507 e. The van der Waals surface area contributed by atoms with E-state index in [1.54, 1.807) is 0 Å². The third-order valence-electron chi connectivity index (χ3n) is 23.8. The molecule has 16 aromatic rings. The number of hydrogen-bond acceptors (Lipinski definition) is 8. The van der Waals surface area contributed by atoms with Gasteiger partial charge >= 0.3 is 0 Å². The number of aromatic hydroxyl groups is 2. The van der Waals surface area contributed by atoms with Crippen molar-refractivity contribution in [3.8, 4) is 112 Å². The van der Waals surface area contributed by atoms with Crippen LogP contribution in [0.2, 0.25) is 0 Å². The fraction of sp³-hybridized carbons (Fsp3) is 0.0909. The molecule has 122 heavy (non-hydrogen) atoms. The molecule has 10 heterocycles. The number of aromatic amines is 4. The molecule has 21 rings (SSSR count). The Morgan fingerprint density at radius 3 is 0.607 bits per heavy atom. The molecule has 0 unspecified atom stereocenters. The molecule has 12 nitrogen and oxygen atoms in total. The second-order valence-electron chi connectivity index (χ2n) is 31.7. The number of hydrogen-bond donors (Lipinski definition) is 6. The Labute approximate surface area is 706 Å². The molecule has 0 fully saturated rings. The standard InChI is InChI=1S/C110H84N8O4/c1-3-57-121-109-73-37-23-38-74(109)60-80-64-78(106-97-55-51-93(117-97)103(71-33-19-9-20-34-71)89-47-43-85(113-89)100(68-27-13-6-14-28-68)86-44-48-90(114-86)104(72-35-21-10-22-36-72)94-52-56-98(106)118-94)66-82(108(80)120)62-76-40-24-39-75(110(76)122-58-4-2)61-81-65-77(63-79(59-73)107(81)119)105-95-53-49-91(115-95)101(69-29-15-7-16-30-69)87-45-41-83(111-87)99(67-25-11-5-12-26-67)84-42-46-88(112-84)102(70-31-17-8-18-32-70)92-50-54-96(105)116-92/h5-56,63-66,111,113,116,118-120H,3-4,57-62H2,1-2H3. The van der Waals surface area contributed by atoms with Gasteiger partial charge < -0.3 is 39.6 Å². The highest BCUT2D eigenvalue weighted by atomic mass is 16.5. The molecule has 0 saturated carbocycles. The average molecular weight is 1580 g/mol. The fourth-order valence-corrected chi connectivity index (χ4v) is 18.2. The third kappa shape index (κ3) is 13.9. The number of rotatable bonds is 14. The molecule has 6 aromatic heterocycles. The summed E-state index contributed by atoms with van der Waals surface area (Å²) in [5.74, 6) is 1.73. The normalized spacial score (nSPS) is 12.6. The summed E-state index contributed by atoms with van der Waals surface area (Å²) in [4.78, 5) is 38.5. The Bertz CT molecular complexity index is 6740. The van der Waals surface area contributed by atoms with Gasteiger partial charge in [0.1, 0.15) is 23.0 Å². The molecule has 0 spiro atoms. The van der Waals surface area contributed by atoms with Gasteiger partial charge in [0, 0.05) is 114 Å². The van der Waals surface area contributed by atoms with E-state index in [0.717, 1.165) is 214 Å². The number of ether oxygens (including phenoxy) is 2. The second-order valence-corrected chi connectivity index (χ2v) is 31.7. The van der Waals surface area contributed by atoms with Crippen molar-refractivity contribution < 1.29 is 19.7 Å². The highest BCUT2D eigenvalue weighted by Gasteiger charge is 2.28. The van der Waals surface area contributed by atoms with Crippen molar-refractivity contribution in [1.82, 2.24) is 39.9 Å². The summed E-state index contributed by atoms with van der Waals surface area (Å²) in [6.07, 6.45) is 19.6. The molecular formula is C110H84N8O4. The predicted molar refractivity (Wildman–Crippen MR) is 500 cm³/mol. The molecule has 0 saturated heterocycles. The predicted octanol–water partition coefficient (Wildman–Crippen LogP) is 26.6. The highest BCUT2D eigenvalue weighted by molar-refractivity contribution is 6.03. The fourth-order valence-electron chi connectivity index (χ4n) is 18.2. The number of fused-ring (bicyclic) bond motifs is 24. The van der Waals surface area contributed by atoms with E-state index < -0.39 is 0 Å². The maximum atomic E-state index is 13.5. The minimum atomic E-state index is 0.171. The van der Waals surface area contributed by atoms with Gasteiger partial charge in [-0.2, -0.15) is 0 Å². The van der Waals surface area contributed by atoms with Gasteiger partial charge in [0.05, 0.1) is 58.8 Å². The van der Waals surface area contributed by atoms with Crippen LogP contribution in [0, 0.1) is 0 Å². The first-order chi connectivity index (χ1) is 60.2. The molecule has 12 heteroatoms. The first kappa shape index (κ1) is 74.2. The Morgan fingerprint density at radius 2 is 0.418 bits per heavy atom. The molecular weight excluding hydrogens is 1500 g/mol. The van der Waals surface area contributed by atoms with Crippen molar-refractivity contribution in [2.75, 3.05) is 13.2 Å². The van der Waals surface area contributed by atoms with E-state index in [1.165, 1.54) is 0 Å². The van der Waals surface area contributed by atoms with Crippen LogP contribution in [0.1, 0.15) is 117 Å². The Kier molecular flexibility index (Phi) is 19.3. The average Bonchev–Trinajstić information content (AvgIpc) is 1.54. The van der Waals surface area contributed by atoms with Gasteiger partial charge in [0.15, 0.2) is 0 Å². The van der Waals surface area contributed by atoms with E-state index in [-0.39, 0.29) is 37.2 Å². The largest absolute Gasteiger partial charge is 0.507 e. The number of nitrogens with one attached hydrogen (secondary N) is 4. The summed E-state index contributed by atoms with van der Waals surface area (Å²) in [5, 5.41) is 27.0. The van der Waals surface area contributed by atoms with Crippen LogP contribution in [0.25, 0.3) is 182 Å². The van der Waals surface area contributed by atoms with Gasteiger partial charge in [-0.1, -0.05) is 232 Å². The van der Waals surface area contributed by atoms with Gasteiger partial charge in [-0.25, -0.2) is 19.9 Å². The van der Waals surface area contributed by atoms with Gasteiger partial charge in [-0.05, 0) is 223 Å². The minimum absolute atomic E-state index is 0.171. The van der Waals surface area contributed by atoms with Gasteiger partial charge in [0.25, 0.3) is 0 Å². The van der Waals surface area contributed by atoms with Crippen molar-refractivity contribution in [3.05, 3.63) is 381 Å². The number of para-hydroxylation sites is 2. The van der Waals surface area contributed by atoms with Crippen molar-refractivity contribution >= 4 is 92.7 Å². The lowest BCUT2D eigenvalue weighted by Crippen LogP contribution is -2.07. The van der Waals surface area contributed by atoms with E-state index in [2.05, 4.69) is 337 Å². The number of aromatic nitrogens is 8. The monoisotopic (exact) mass is 1580 g/mol. The number of benzene rings is 10. The number of nitrogens with zero attached hydrogens (tertiary/aromatic N) is 4. The van der Waals surface area contributed by atoms with Crippen molar-refractivity contribution in [1.29, 1.82) is 0 Å². The number of phenolic OH excluding ortho intramolecular Hbond substituents is 2. The lowest BCUT2D eigenvalue weighted by Gasteiger charge is -2.22. The van der Waals surface area contributed by atoms with Gasteiger partial charge in [-0.3, -0.25) is 0 Å². The molecule has 10 aromatic carbocycles.